The second-order valence-electron chi connectivity index (χ2n) is 6.01. The van der Waals surface area contributed by atoms with Crippen molar-refractivity contribution in [3.63, 3.8) is 0 Å². The lowest BCUT2D eigenvalue weighted by Crippen LogP contribution is -2.50. The zero-order valence-electron chi connectivity index (χ0n) is 13.8. The Balaban J connectivity index is 0.00000264. The molecule has 2 N–H and O–H groups in total. The smallest absolute Gasteiger partial charge is 0.193 e. The van der Waals surface area contributed by atoms with E-state index in [1.54, 1.807) is 19.2 Å². The van der Waals surface area contributed by atoms with Gasteiger partial charge in [-0.1, -0.05) is 6.07 Å². The van der Waals surface area contributed by atoms with E-state index in [2.05, 4.69) is 29.1 Å². The Morgan fingerprint density at radius 2 is 2.22 bits per heavy atom. The number of guanidine groups is 1. The minimum Gasteiger partial charge on any atom is -0.392 e. The van der Waals surface area contributed by atoms with Gasteiger partial charge in [-0.25, -0.2) is 4.39 Å². The molecule has 1 aliphatic heterocycles. The standard InChI is InChI=1S/C16H24FN3OS.HI/c1-16(2)11-20(6-7-22-16)15(18-3)19-9-12-4-5-14(17)13(8-12)10-21;/h4-5,8,21H,6-7,9-11H2,1-3H3,(H,18,19);1H. The van der Waals surface area contributed by atoms with Crippen molar-refractivity contribution in [3.8, 4) is 0 Å². The summed E-state index contributed by atoms with van der Waals surface area (Å²) in [6, 6.07) is 4.81. The lowest BCUT2D eigenvalue weighted by Gasteiger charge is -2.39. The minimum atomic E-state index is -0.370. The largest absolute Gasteiger partial charge is 0.392 e. The molecule has 2 rings (SSSR count). The van der Waals surface area contributed by atoms with Crippen LogP contribution < -0.4 is 5.32 Å². The molecule has 7 heteroatoms. The molecule has 23 heavy (non-hydrogen) atoms. The molecule has 1 saturated heterocycles. The zero-order valence-corrected chi connectivity index (χ0v) is 17.0. The summed E-state index contributed by atoms with van der Waals surface area (Å²) < 4.78 is 13.6. The Hall–Kier alpha value is -0.540. The van der Waals surface area contributed by atoms with Crippen LogP contribution in [-0.2, 0) is 13.2 Å². The third kappa shape index (κ3) is 5.79. The van der Waals surface area contributed by atoms with Crippen molar-refractivity contribution >= 4 is 41.7 Å². The molecule has 1 aliphatic rings. The van der Waals surface area contributed by atoms with Crippen molar-refractivity contribution < 1.29 is 9.50 Å². The van der Waals surface area contributed by atoms with Crippen LogP contribution in [0.15, 0.2) is 23.2 Å². The molecule has 1 fully saturated rings. The van der Waals surface area contributed by atoms with Gasteiger partial charge in [-0.2, -0.15) is 11.8 Å². The van der Waals surface area contributed by atoms with E-state index < -0.39 is 0 Å². The highest BCUT2D eigenvalue weighted by atomic mass is 127. The number of nitrogens with zero attached hydrogens (tertiary/aromatic N) is 2. The summed E-state index contributed by atoms with van der Waals surface area (Å²) >= 11 is 1.98. The molecule has 1 heterocycles. The van der Waals surface area contributed by atoms with Crippen molar-refractivity contribution in [1.29, 1.82) is 0 Å². The van der Waals surface area contributed by atoms with E-state index in [4.69, 9.17) is 5.11 Å². The third-order valence-electron chi connectivity index (χ3n) is 3.67. The van der Waals surface area contributed by atoms with Crippen molar-refractivity contribution in [1.82, 2.24) is 10.2 Å². The molecule has 1 aromatic rings. The second-order valence-corrected chi connectivity index (χ2v) is 7.82. The number of aliphatic hydroxyl groups excluding tert-OH is 1. The third-order valence-corrected chi connectivity index (χ3v) is 4.97. The molecular formula is C16H25FIN3OS. The predicted octanol–water partition coefficient (Wildman–Crippen LogP) is 2.84. The molecule has 0 aliphatic carbocycles. The molecule has 0 atom stereocenters. The number of aliphatic imine (C=N–C) groups is 1. The van der Waals surface area contributed by atoms with E-state index in [0.29, 0.717) is 12.1 Å². The van der Waals surface area contributed by atoms with E-state index in [9.17, 15) is 4.39 Å². The zero-order chi connectivity index (χ0) is 16.2. The van der Waals surface area contributed by atoms with Gasteiger partial charge in [0.15, 0.2) is 5.96 Å². The number of hydrogen-bond acceptors (Lipinski definition) is 3. The highest BCUT2D eigenvalue weighted by molar-refractivity contribution is 14.0. The van der Waals surface area contributed by atoms with Crippen LogP contribution in [0.1, 0.15) is 25.0 Å². The maximum absolute atomic E-state index is 13.4. The van der Waals surface area contributed by atoms with Gasteiger partial charge in [-0.15, -0.1) is 24.0 Å². The molecule has 130 valence electrons. The Labute approximate surface area is 159 Å². The van der Waals surface area contributed by atoms with Gasteiger partial charge in [0.05, 0.1) is 6.61 Å². The molecule has 0 aromatic heterocycles. The molecule has 0 amide bonds. The lowest BCUT2D eigenvalue weighted by atomic mass is 10.1. The average Bonchev–Trinajstić information content (AvgIpc) is 2.48. The van der Waals surface area contributed by atoms with Crippen molar-refractivity contribution in [2.75, 3.05) is 25.9 Å². The summed E-state index contributed by atoms with van der Waals surface area (Å²) in [4.78, 5) is 6.61. The maximum Gasteiger partial charge on any atom is 0.193 e. The summed E-state index contributed by atoms with van der Waals surface area (Å²) in [5.41, 5.74) is 1.25. The first-order valence-corrected chi connectivity index (χ1v) is 8.41. The quantitative estimate of drug-likeness (QED) is 0.420. The first-order valence-electron chi connectivity index (χ1n) is 7.43. The summed E-state index contributed by atoms with van der Waals surface area (Å²) in [6.07, 6.45) is 0. The van der Waals surface area contributed by atoms with Gasteiger partial charge in [0, 0.05) is 42.7 Å². The van der Waals surface area contributed by atoms with Crippen LogP contribution in [-0.4, -0.2) is 46.6 Å². The van der Waals surface area contributed by atoms with Crippen molar-refractivity contribution in [2.24, 2.45) is 4.99 Å². The van der Waals surface area contributed by atoms with Gasteiger partial charge < -0.3 is 15.3 Å². The summed E-state index contributed by atoms with van der Waals surface area (Å²) in [5.74, 6) is 1.58. The Morgan fingerprint density at radius 3 is 2.83 bits per heavy atom. The first kappa shape index (κ1) is 20.5. The van der Waals surface area contributed by atoms with Gasteiger partial charge in [0.2, 0.25) is 0 Å². The van der Waals surface area contributed by atoms with Crippen molar-refractivity contribution in [3.05, 3.63) is 35.1 Å². The number of rotatable bonds is 3. The van der Waals surface area contributed by atoms with Gasteiger partial charge in [-0.05, 0) is 31.5 Å². The fourth-order valence-electron chi connectivity index (χ4n) is 2.57. The van der Waals surface area contributed by atoms with Crippen LogP contribution in [0.25, 0.3) is 0 Å². The number of nitrogens with one attached hydrogen (secondary N) is 1. The normalized spacial score (nSPS) is 17.6. The molecule has 4 nitrogen and oxygen atoms in total. The highest BCUT2D eigenvalue weighted by Gasteiger charge is 2.28. The highest BCUT2D eigenvalue weighted by Crippen LogP contribution is 2.29. The average molecular weight is 453 g/mol. The van der Waals surface area contributed by atoms with E-state index in [1.807, 2.05) is 11.8 Å². The van der Waals surface area contributed by atoms with E-state index in [-0.39, 0.29) is 41.1 Å². The Bertz CT molecular complexity index is 554. The number of thioether (sulfide) groups is 1. The van der Waals surface area contributed by atoms with E-state index in [0.717, 1.165) is 30.4 Å². The van der Waals surface area contributed by atoms with Gasteiger partial charge in [0.25, 0.3) is 0 Å². The minimum absolute atomic E-state index is 0. The first-order chi connectivity index (χ1) is 10.4. The molecule has 0 bridgehead atoms. The van der Waals surface area contributed by atoms with Crippen LogP contribution in [0.2, 0.25) is 0 Å². The predicted molar refractivity (Wildman–Crippen MR) is 106 cm³/mol. The monoisotopic (exact) mass is 453 g/mol. The summed E-state index contributed by atoms with van der Waals surface area (Å²) in [5, 5.41) is 12.5. The summed E-state index contributed by atoms with van der Waals surface area (Å²) in [6.45, 7) is 6.67. The van der Waals surface area contributed by atoms with Crippen LogP contribution in [0.3, 0.4) is 0 Å². The number of benzene rings is 1. The Morgan fingerprint density at radius 1 is 1.48 bits per heavy atom. The number of halogens is 2. The molecule has 0 saturated carbocycles. The molecular weight excluding hydrogens is 428 g/mol. The SMILES string of the molecule is CN=C(NCc1ccc(F)c(CO)c1)N1CCSC(C)(C)C1.I. The second kappa shape index (κ2) is 9.08. The van der Waals surface area contributed by atoms with Crippen LogP contribution in [0.5, 0.6) is 0 Å². The van der Waals surface area contributed by atoms with Crippen LogP contribution >= 0.6 is 35.7 Å². The van der Waals surface area contributed by atoms with Gasteiger partial charge in [-0.3, -0.25) is 4.99 Å². The Kier molecular flexibility index (Phi) is 8.09. The topological polar surface area (TPSA) is 47.9 Å². The van der Waals surface area contributed by atoms with Crippen LogP contribution in [0.4, 0.5) is 4.39 Å². The molecule has 0 spiro atoms. The van der Waals surface area contributed by atoms with Gasteiger partial charge in [0.1, 0.15) is 5.82 Å². The maximum atomic E-state index is 13.4. The van der Waals surface area contributed by atoms with Crippen LogP contribution in [0, 0.1) is 5.82 Å². The number of aliphatic hydroxyl groups is 1. The molecule has 0 radical (unpaired) electrons. The van der Waals surface area contributed by atoms with E-state index >= 15 is 0 Å². The fraction of sp³-hybridized carbons (Fsp3) is 0.562. The van der Waals surface area contributed by atoms with Crippen molar-refractivity contribution in [2.45, 2.75) is 31.7 Å². The number of hydrogen-bond donors (Lipinski definition) is 2. The fourth-order valence-corrected chi connectivity index (χ4v) is 3.68. The molecule has 1 aromatic carbocycles. The van der Waals surface area contributed by atoms with Gasteiger partial charge >= 0.3 is 0 Å². The molecule has 0 unspecified atom stereocenters. The van der Waals surface area contributed by atoms with E-state index in [1.165, 1.54) is 6.07 Å². The summed E-state index contributed by atoms with van der Waals surface area (Å²) in [7, 11) is 1.78. The lowest BCUT2D eigenvalue weighted by molar-refractivity contribution is 0.275.